The summed E-state index contributed by atoms with van der Waals surface area (Å²) in [6, 6.07) is 13.8. The Hall–Kier alpha value is -2.53. The molecule has 0 bridgehead atoms. The highest BCUT2D eigenvalue weighted by atomic mass is 16.3. The van der Waals surface area contributed by atoms with Gasteiger partial charge in [-0.3, -0.25) is 4.79 Å². The molecule has 0 saturated carbocycles. The van der Waals surface area contributed by atoms with Crippen molar-refractivity contribution < 1.29 is 20.1 Å². The van der Waals surface area contributed by atoms with E-state index < -0.39 is 5.41 Å². The number of carbonyl (C=O) groups is 1. The summed E-state index contributed by atoms with van der Waals surface area (Å²) in [6.07, 6.45) is 1.20. The Morgan fingerprint density at radius 2 is 1.83 bits per heavy atom. The molecule has 24 heavy (non-hydrogen) atoms. The molecule has 126 valence electrons. The molecule has 0 aliphatic carbocycles. The Morgan fingerprint density at radius 3 is 2.50 bits per heavy atom. The molecule has 0 aromatic heterocycles. The summed E-state index contributed by atoms with van der Waals surface area (Å²) in [4.78, 5) is 14.8. The van der Waals surface area contributed by atoms with Crippen LogP contribution in [0, 0.1) is 0 Å². The number of hydrogen-bond donors (Lipinski definition) is 3. The van der Waals surface area contributed by atoms with Gasteiger partial charge in [0.05, 0.1) is 6.61 Å². The minimum atomic E-state index is -1.16. The molecular formula is C19H21NO4. The van der Waals surface area contributed by atoms with E-state index in [0.717, 1.165) is 12.0 Å². The summed E-state index contributed by atoms with van der Waals surface area (Å²) >= 11 is 0. The highest BCUT2D eigenvalue weighted by Crippen LogP contribution is 2.40. The van der Waals surface area contributed by atoms with E-state index in [1.165, 1.54) is 18.2 Å². The summed E-state index contributed by atoms with van der Waals surface area (Å²) in [6.45, 7) is 0.712. The standard InChI is InChI=1S/C19H21NO4/c21-13-19(16-8-7-15(22)11-17(16)23)9-4-10-20(18(19)24)12-14-5-2-1-3-6-14/h1-3,5-8,11,21-23H,4,9-10,12-13H2. The molecule has 1 amide bonds. The molecule has 3 N–H and O–H groups in total. The second-order valence-electron chi connectivity index (χ2n) is 6.26. The first-order valence-corrected chi connectivity index (χ1v) is 8.03. The van der Waals surface area contributed by atoms with Gasteiger partial charge < -0.3 is 20.2 Å². The lowest BCUT2D eigenvalue weighted by molar-refractivity contribution is -0.143. The number of hydrogen-bond acceptors (Lipinski definition) is 4. The zero-order chi connectivity index (χ0) is 17.2. The molecule has 2 aromatic rings. The average Bonchev–Trinajstić information content (AvgIpc) is 2.58. The number of aromatic hydroxyl groups is 2. The smallest absolute Gasteiger partial charge is 0.236 e. The molecule has 1 aliphatic heterocycles. The van der Waals surface area contributed by atoms with E-state index in [9.17, 15) is 20.1 Å². The molecule has 0 spiro atoms. The highest BCUT2D eigenvalue weighted by Gasteiger charge is 2.46. The first-order valence-electron chi connectivity index (χ1n) is 8.03. The number of aliphatic hydroxyl groups excluding tert-OH is 1. The lowest BCUT2D eigenvalue weighted by Gasteiger charge is -2.41. The fourth-order valence-electron chi connectivity index (χ4n) is 3.44. The SMILES string of the molecule is O=C1N(Cc2ccccc2)CCCC1(CO)c1ccc(O)cc1O. The van der Waals surface area contributed by atoms with E-state index in [0.29, 0.717) is 25.1 Å². The van der Waals surface area contributed by atoms with Crippen LogP contribution in [0.4, 0.5) is 0 Å². The molecule has 2 aromatic carbocycles. The Morgan fingerprint density at radius 1 is 1.08 bits per heavy atom. The van der Waals surface area contributed by atoms with E-state index in [2.05, 4.69) is 0 Å². The quantitative estimate of drug-likeness (QED) is 0.804. The van der Waals surface area contributed by atoms with Crippen LogP contribution in [-0.4, -0.2) is 39.3 Å². The van der Waals surface area contributed by atoms with Gasteiger partial charge in [-0.05, 0) is 24.5 Å². The average molecular weight is 327 g/mol. The van der Waals surface area contributed by atoms with Crippen LogP contribution in [0.25, 0.3) is 0 Å². The first-order chi connectivity index (χ1) is 11.6. The second-order valence-corrected chi connectivity index (χ2v) is 6.26. The number of phenols is 2. The molecule has 1 atom stereocenters. The lowest BCUT2D eigenvalue weighted by Crippen LogP contribution is -2.53. The topological polar surface area (TPSA) is 81.0 Å². The number of amides is 1. The fourth-order valence-corrected chi connectivity index (χ4v) is 3.44. The van der Waals surface area contributed by atoms with Gasteiger partial charge in [0.2, 0.25) is 5.91 Å². The van der Waals surface area contributed by atoms with E-state index in [4.69, 9.17) is 0 Å². The molecule has 0 radical (unpaired) electrons. The van der Waals surface area contributed by atoms with Gasteiger partial charge in [-0.25, -0.2) is 0 Å². The number of nitrogens with zero attached hydrogens (tertiary/aromatic N) is 1. The molecule has 1 fully saturated rings. The van der Waals surface area contributed by atoms with Crippen molar-refractivity contribution in [3.63, 3.8) is 0 Å². The van der Waals surface area contributed by atoms with Crippen molar-refractivity contribution in [1.82, 2.24) is 4.90 Å². The number of carbonyl (C=O) groups excluding carboxylic acids is 1. The van der Waals surface area contributed by atoms with E-state index in [1.807, 2.05) is 30.3 Å². The first kappa shape index (κ1) is 16.3. The third kappa shape index (κ3) is 2.83. The monoisotopic (exact) mass is 327 g/mol. The molecule has 1 saturated heterocycles. The summed E-state index contributed by atoms with van der Waals surface area (Å²) in [7, 11) is 0. The number of rotatable bonds is 4. The van der Waals surface area contributed by atoms with Gasteiger partial charge in [0.1, 0.15) is 16.9 Å². The molecule has 1 unspecified atom stereocenters. The van der Waals surface area contributed by atoms with Crippen LogP contribution in [0.3, 0.4) is 0 Å². The van der Waals surface area contributed by atoms with Gasteiger partial charge in [-0.2, -0.15) is 0 Å². The maximum absolute atomic E-state index is 13.1. The summed E-state index contributed by atoms with van der Waals surface area (Å²) in [5.41, 5.74) is 0.227. The Labute approximate surface area is 140 Å². The number of aliphatic hydroxyl groups is 1. The van der Waals surface area contributed by atoms with Crippen LogP contribution in [0.2, 0.25) is 0 Å². The van der Waals surface area contributed by atoms with E-state index in [-0.39, 0.29) is 24.0 Å². The predicted octanol–water partition coefficient (Wildman–Crippen LogP) is 2.15. The molecular weight excluding hydrogens is 306 g/mol. The molecule has 5 heteroatoms. The van der Waals surface area contributed by atoms with Crippen molar-refractivity contribution in [2.24, 2.45) is 0 Å². The van der Waals surface area contributed by atoms with Gasteiger partial charge >= 0.3 is 0 Å². The largest absolute Gasteiger partial charge is 0.508 e. The zero-order valence-electron chi connectivity index (χ0n) is 13.4. The molecule has 3 rings (SSSR count). The van der Waals surface area contributed by atoms with Crippen molar-refractivity contribution in [2.45, 2.75) is 24.8 Å². The molecule has 5 nitrogen and oxygen atoms in total. The summed E-state index contributed by atoms with van der Waals surface area (Å²) in [5.74, 6) is -0.436. The molecule has 1 aliphatic rings. The van der Waals surface area contributed by atoms with Crippen LogP contribution in [-0.2, 0) is 16.8 Å². The Balaban J connectivity index is 1.94. The van der Waals surface area contributed by atoms with Crippen LogP contribution in [0.5, 0.6) is 11.5 Å². The van der Waals surface area contributed by atoms with Crippen molar-refractivity contribution in [3.05, 3.63) is 59.7 Å². The van der Waals surface area contributed by atoms with Gasteiger partial charge in [0, 0.05) is 24.7 Å². The zero-order valence-corrected chi connectivity index (χ0v) is 13.4. The maximum Gasteiger partial charge on any atom is 0.236 e. The fraction of sp³-hybridized carbons (Fsp3) is 0.316. The third-order valence-electron chi connectivity index (χ3n) is 4.71. The van der Waals surface area contributed by atoms with Crippen molar-refractivity contribution in [1.29, 1.82) is 0 Å². The summed E-state index contributed by atoms with van der Waals surface area (Å²) in [5, 5.41) is 29.7. The third-order valence-corrected chi connectivity index (χ3v) is 4.71. The lowest BCUT2D eigenvalue weighted by atomic mass is 9.73. The van der Waals surface area contributed by atoms with Gasteiger partial charge in [0.15, 0.2) is 0 Å². The second kappa shape index (κ2) is 6.53. The number of piperidine rings is 1. The van der Waals surface area contributed by atoms with Crippen molar-refractivity contribution in [3.8, 4) is 11.5 Å². The minimum Gasteiger partial charge on any atom is -0.508 e. The van der Waals surface area contributed by atoms with Crippen LogP contribution >= 0.6 is 0 Å². The highest BCUT2D eigenvalue weighted by molar-refractivity contribution is 5.90. The van der Waals surface area contributed by atoms with E-state index >= 15 is 0 Å². The number of phenolic OH excluding ortho intramolecular Hbond substituents is 2. The van der Waals surface area contributed by atoms with Crippen molar-refractivity contribution >= 4 is 5.91 Å². The van der Waals surface area contributed by atoms with Gasteiger partial charge in [-0.15, -0.1) is 0 Å². The normalized spacial score (nSPS) is 21.0. The van der Waals surface area contributed by atoms with Crippen LogP contribution in [0.15, 0.2) is 48.5 Å². The van der Waals surface area contributed by atoms with Crippen LogP contribution < -0.4 is 0 Å². The van der Waals surface area contributed by atoms with E-state index in [1.54, 1.807) is 4.90 Å². The molecule has 1 heterocycles. The predicted molar refractivity (Wildman–Crippen MR) is 89.6 cm³/mol. The maximum atomic E-state index is 13.1. The Bertz CT molecular complexity index is 731. The number of benzene rings is 2. The van der Waals surface area contributed by atoms with Gasteiger partial charge in [-0.1, -0.05) is 36.4 Å². The van der Waals surface area contributed by atoms with Crippen molar-refractivity contribution in [2.75, 3.05) is 13.2 Å². The minimum absolute atomic E-state index is 0.0752. The number of likely N-dealkylation sites (tertiary alicyclic amines) is 1. The Kier molecular flexibility index (Phi) is 4.44. The van der Waals surface area contributed by atoms with Gasteiger partial charge in [0.25, 0.3) is 0 Å². The van der Waals surface area contributed by atoms with Crippen LogP contribution in [0.1, 0.15) is 24.0 Å². The summed E-state index contributed by atoms with van der Waals surface area (Å²) < 4.78 is 0.